The van der Waals surface area contributed by atoms with Gasteiger partial charge >= 0.3 is 0 Å². The molecule has 0 aliphatic carbocycles. The van der Waals surface area contributed by atoms with Crippen LogP contribution in [0.4, 0.5) is 11.8 Å². The smallest absolute Gasteiger partial charge is 0.244 e. The molecular weight excluding hydrogens is 286 g/mol. The number of hydrogen-bond donors (Lipinski definition) is 2. The van der Waals surface area contributed by atoms with Crippen LogP contribution in [0.1, 0.15) is 16.7 Å². The molecule has 0 unspecified atom stereocenters. The van der Waals surface area contributed by atoms with Crippen molar-refractivity contribution in [3.63, 3.8) is 0 Å². The van der Waals surface area contributed by atoms with Gasteiger partial charge in [-0.05, 0) is 23.6 Å². The van der Waals surface area contributed by atoms with Crippen LogP contribution in [0.15, 0.2) is 60.8 Å². The van der Waals surface area contributed by atoms with Crippen LogP contribution in [0.25, 0.3) is 0 Å². The van der Waals surface area contributed by atoms with Crippen LogP contribution in [-0.2, 0) is 13.1 Å². The lowest BCUT2D eigenvalue weighted by Gasteiger charge is -2.09. The fraction of sp³-hybridized carbons (Fsp3) is 0.167. The zero-order valence-electron chi connectivity index (χ0n) is 13.0. The van der Waals surface area contributed by atoms with Gasteiger partial charge in [-0.15, -0.1) is 5.10 Å². The Labute approximate surface area is 135 Å². The Hall–Kier alpha value is -2.95. The largest absolute Gasteiger partial charge is 0.365 e. The van der Waals surface area contributed by atoms with Gasteiger partial charge in [0.1, 0.15) is 0 Å². The number of benzene rings is 2. The Bertz CT molecular complexity index is 758. The molecule has 5 nitrogen and oxygen atoms in total. The molecule has 1 aromatic heterocycles. The van der Waals surface area contributed by atoms with Gasteiger partial charge in [0, 0.05) is 13.1 Å². The van der Waals surface area contributed by atoms with Gasteiger partial charge in [0.25, 0.3) is 0 Å². The van der Waals surface area contributed by atoms with Gasteiger partial charge in [-0.3, -0.25) is 0 Å². The van der Waals surface area contributed by atoms with Crippen molar-refractivity contribution in [1.29, 1.82) is 0 Å². The van der Waals surface area contributed by atoms with Gasteiger partial charge < -0.3 is 10.6 Å². The number of hydrogen-bond acceptors (Lipinski definition) is 5. The minimum atomic E-state index is 0.520. The topological polar surface area (TPSA) is 62.7 Å². The number of nitrogens with zero attached hydrogens (tertiary/aromatic N) is 3. The van der Waals surface area contributed by atoms with E-state index in [2.05, 4.69) is 57.0 Å². The summed E-state index contributed by atoms with van der Waals surface area (Å²) in [6.07, 6.45) is 1.63. The van der Waals surface area contributed by atoms with Crippen LogP contribution >= 0.6 is 0 Å². The van der Waals surface area contributed by atoms with Crippen LogP contribution in [0.2, 0.25) is 0 Å². The van der Waals surface area contributed by atoms with Crippen LogP contribution in [-0.4, -0.2) is 15.2 Å². The molecule has 23 heavy (non-hydrogen) atoms. The third kappa shape index (κ3) is 4.26. The number of anilines is 2. The normalized spacial score (nSPS) is 10.3. The summed E-state index contributed by atoms with van der Waals surface area (Å²) in [7, 11) is 0. The molecule has 3 rings (SSSR count). The zero-order valence-corrected chi connectivity index (χ0v) is 13.0. The lowest BCUT2D eigenvalue weighted by Crippen LogP contribution is -2.08. The Morgan fingerprint density at radius 3 is 2.48 bits per heavy atom. The second-order valence-electron chi connectivity index (χ2n) is 5.28. The van der Waals surface area contributed by atoms with Crippen molar-refractivity contribution in [2.75, 3.05) is 10.6 Å². The van der Waals surface area contributed by atoms with E-state index in [4.69, 9.17) is 0 Å². The average Bonchev–Trinajstić information content (AvgIpc) is 2.61. The standard InChI is InChI=1S/C18H19N5/c1-14-7-5-6-10-16(14)12-20-18-22-17(13-21-23-18)19-11-15-8-3-2-4-9-15/h2-10,13H,11-12H2,1H3,(H2,19,20,22,23). The zero-order chi connectivity index (χ0) is 15.9. The second kappa shape index (κ2) is 7.35. The molecule has 116 valence electrons. The average molecular weight is 305 g/mol. The van der Waals surface area contributed by atoms with E-state index in [1.807, 2.05) is 30.3 Å². The predicted molar refractivity (Wildman–Crippen MR) is 92.1 cm³/mol. The van der Waals surface area contributed by atoms with E-state index in [0.29, 0.717) is 24.9 Å². The number of rotatable bonds is 6. The van der Waals surface area contributed by atoms with E-state index in [9.17, 15) is 0 Å². The highest BCUT2D eigenvalue weighted by Crippen LogP contribution is 2.10. The Balaban J connectivity index is 1.60. The van der Waals surface area contributed by atoms with Crippen LogP contribution in [0, 0.1) is 6.92 Å². The van der Waals surface area contributed by atoms with Crippen molar-refractivity contribution < 1.29 is 0 Å². The van der Waals surface area contributed by atoms with Crippen molar-refractivity contribution in [1.82, 2.24) is 15.2 Å². The lowest BCUT2D eigenvalue weighted by molar-refractivity contribution is 0.935. The highest BCUT2D eigenvalue weighted by molar-refractivity contribution is 5.39. The molecule has 1 heterocycles. The summed E-state index contributed by atoms with van der Waals surface area (Å²) in [5.74, 6) is 1.22. The number of aryl methyl sites for hydroxylation is 1. The van der Waals surface area contributed by atoms with Crippen molar-refractivity contribution in [2.24, 2.45) is 0 Å². The quantitative estimate of drug-likeness (QED) is 0.731. The van der Waals surface area contributed by atoms with Crippen LogP contribution < -0.4 is 10.6 Å². The minimum absolute atomic E-state index is 0.520. The molecule has 0 radical (unpaired) electrons. The summed E-state index contributed by atoms with van der Waals surface area (Å²) >= 11 is 0. The lowest BCUT2D eigenvalue weighted by atomic mass is 10.1. The molecule has 5 heteroatoms. The molecule has 0 spiro atoms. The van der Waals surface area contributed by atoms with Crippen molar-refractivity contribution in [3.05, 3.63) is 77.5 Å². The molecule has 0 bridgehead atoms. The summed E-state index contributed by atoms with van der Waals surface area (Å²) in [5.41, 5.74) is 3.66. The minimum Gasteiger partial charge on any atom is -0.365 e. The molecule has 0 fully saturated rings. The molecule has 2 aromatic carbocycles. The van der Waals surface area contributed by atoms with Gasteiger partial charge in [0.15, 0.2) is 5.82 Å². The highest BCUT2D eigenvalue weighted by Gasteiger charge is 2.02. The van der Waals surface area contributed by atoms with Gasteiger partial charge in [0.2, 0.25) is 5.95 Å². The van der Waals surface area contributed by atoms with Gasteiger partial charge in [-0.1, -0.05) is 54.6 Å². The Morgan fingerprint density at radius 2 is 1.65 bits per heavy atom. The number of nitrogens with one attached hydrogen (secondary N) is 2. The molecule has 0 aliphatic heterocycles. The first kappa shape index (κ1) is 15.0. The molecule has 0 saturated heterocycles. The van der Waals surface area contributed by atoms with Crippen LogP contribution in [0.3, 0.4) is 0 Å². The Morgan fingerprint density at radius 1 is 0.870 bits per heavy atom. The molecule has 0 saturated carbocycles. The first-order chi connectivity index (χ1) is 11.3. The third-order valence-electron chi connectivity index (χ3n) is 3.57. The molecule has 3 aromatic rings. The van der Waals surface area contributed by atoms with Gasteiger partial charge in [-0.25, -0.2) is 0 Å². The maximum absolute atomic E-state index is 4.44. The Kier molecular flexibility index (Phi) is 4.79. The van der Waals surface area contributed by atoms with E-state index < -0.39 is 0 Å². The number of aromatic nitrogens is 3. The first-order valence-corrected chi connectivity index (χ1v) is 7.57. The fourth-order valence-electron chi connectivity index (χ4n) is 2.23. The highest BCUT2D eigenvalue weighted by atomic mass is 15.3. The summed E-state index contributed by atoms with van der Waals surface area (Å²) in [4.78, 5) is 4.44. The summed E-state index contributed by atoms with van der Waals surface area (Å²) in [5, 5.41) is 14.5. The van der Waals surface area contributed by atoms with E-state index in [-0.39, 0.29) is 0 Å². The molecule has 0 aliphatic rings. The first-order valence-electron chi connectivity index (χ1n) is 7.57. The molecule has 0 amide bonds. The van der Waals surface area contributed by atoms with E-state index in [1.165, 1.54) is 16.7 Å². The van der Waals surface area contributed by atoms with Crippen molar-refractivity contribution in [3.8, 4) is 0 Å². The molecule has 2 N–H and O–H groups in total. The van der Waals surface area contributed by atoms with Crippen molar-refractivity contribution in [2.45, 2.75) is 20.0 Å². The molecular formula is C18H19N5. The fourth-order valence-corrected chi connectivity index (χ4v) is 2.23. The van der Waals surface area contributed by atoms with Crippen molar-refractivity contribution >= 4 is 11.8 Å². The SMILES string of the molecule is Cc1ccccc1CNc1nncc(NCc2ccccc2)n1. The summed E-state index contributed by atoms with van der Waals surface area (Å²) < 4.78 is 0. The van der Waals surface area contributed by atoms with Gasteiger partial charge in [-0.2, -0.15) is 10.1 Å². The van der Waals surface area contributed by atoms with E-state index in [1.54, 1.807) is 6.20 Å². The van der Waals surface area contributed by atoms with E-state index in [0.717, 1.165) is 0 Å². The molecule has 0 atom stereocenters. The second-order valence-corrected chi connectivity index (χ2v) is 5.28. The predicted octanol–water partition coefficient (Wildman–Crippen LogP) is 3.40. The van der Waals surface area contributed by atoms with E-state index >= 15 is 0 Å². The summed E-state index contributed by atoms with van der Waals surface area (Å²) in [6.45, 7) is 3.47. The summed E-state index contributed by atoms with van der Waals surface area (Å²) in [6, 6.07) is 18.4. The maximum atomic E-state index is 4.44. The van der Waals surface area contributed by atoms with Gasteiger partial charge in [0.05, 0.1) is 6.20 Å². The maximum Gasteiger partial charge on any atom is 0.244 e. The third-order valence-corrected chi connectivity index (χ3v) is 3.57. The monoisotopic (exact) mass is 305 g/mol. The van der Waals surface area contributed by atoms with Crippen LogP contribution in [0.5, 0.6) is 0 Å².